The Morgan fingerprint density at radius 1 is 1.38 bits per heavy atom. The van der Waals surface area contributed by atoms with Crippen LogP contribution < -0.4 is 15.5 Å². The summed E-state index contributed by atoms with van der Waals surface area (Å²) in [5.74, 6) is 0.956. The van der Waals surface area contributed by atoms with Crippen molar-refractivity contribution in [2.75, 3.05) is 44.8 Å². The normalized spacial score (nSPS) is 19.8. The first-order valence-corrected chi connectivity index (χ1v) is 10.5. The topological polar surface area (TPSA) is 48.9 Å². The highest BCUT2D eigenvalue weighted by Crippen LogP contribution is 2.48. The number of aliphatic imine (C=N–C) groups is 1. The third kappa shape index (κ3) is 6.27. The molecular formula is C19H33IN4OS. The number of hydrogen-bond donors (Lipinski definition) is 2. The first-order chi connectivity index (χ1) is 12.2. The molecule has 2 aliphatic rings. The van der Waals surface area contributed by atoms with E-state index in [2.05, 4.69) is 45.0 Å². The second-order valence-electron chi connectivity index (χ2n) is 7.23. The fraction of sp³-hybridized carbons (Fsp3) is 0.737. The van der Waals surface area contributed by atoms with E-state index in [4.69, 9.17) is 4.74 Å². The zero-order valence-electron chi connectivity index (χ0n) is 16.0. The summed E-state index contributed by atoms with van der Waals surface area (Å²) in [5, 5.41) is 10.7. The second-order valence-corrected chi connectivity index (χ2v) is 8.16. The van der Waals surface area contributed by atoms with Gasteiger partial charge >= 0.3 is 0 Å². The highest BCUT2D eigenvalue weighted by Gasteiger charge is 2.42. The summed E-state index contributed by atoms with van der Waals surface area (Å²) < 4.78 is 5.53. The summed E-state index contributed by atoms with van der Waals surface area (Å²) in [6.45, 7) is 7.00. The van der Waals surface area contributed by atoms with E-state index in [1.807, 2.05) is 18.4 Å². The number of anilines is 1. The Labute approximate surface area is 179 Å². The van der Waals surface area contributed by atoms with Crippen molar-refractivity contribution in [1.82, 2.24) is 10.6 Å². The molecule has 148 valence electrons. The minimum atomic E-state index is 0. The van der Waals surface area contributed by atoms with Gasteiger partial charge in [0.15, 0.2) is 5.96 Å². The molecule has 1 saturated heterocycles. The molecule has 1 aliphatic heterocycles. The molecule has 3 rings (SSSR count). The lowest BCUT2D eigenvalue weighted by atomic mass is 10.0. The molecule has 0 amide bonds. The number of piperidine rings is 1. The van der Waals surface area contributed by atoms with Gasteiger partial charge in [-0.2, -0.15) is 0 Å². The molecular weight excluding hydrogens is 459 g/mol. The highest BCUT2D eigenvalue weighted by atomic mass is 127. The highest BCUT2D eigenvalue weighted by molar-refractivity contribution is 14.0. The summed E-state index contributed by atoms with van der Waals surface area (Å²) >= 11 is 1.83. The van der Waals surface area contributed by atoms with Crippen molar-refractivity contribution in [3.8, 4) is 0 Å². The summed E-state index contributed by atoms with van der Waals surface area (Å²) in [5.41, 5.74) is 0.440. The van der Waals surface area contributed by atoms with Gasteiger partial charge in [0.1, 0.15) is 0 Å². The van der Waals surface area contributed by atoms with Crippen molar-refractivity contribution in [2.45, 2.75) is 45.1 Å². The van der Waals surface area contributed by atoms with Crippen LogP contribution in [0.4, 0.5) is 5.00 Å². The fourth-order valence-corrected chi connectivity index (χ4v) is 4.26. The van der Waals surface area contributed by atoms with Crippen LogP contribution in [0.1, 0.15) is 39.0 Å². The smallest absolute Gasteiger partial charge is 0.191 e. The number of nitrogens with zero attached hydrogens (tertiary/aromatic N) is 2. The van der Waals surface area contributed by atoms with Crippen molar-refractivity contribution >= 4 is 46.3 Å². The zero-order chi connectivity index (χ0) is 17.5. The summed E-state index contributed by atoms with van der Waals surface area (Å²) in [7, 11) is 1.87. The Kier molecular flexibility index (Phi) is 8.96. The van der Waals surface area contributed by atoms with Crippen LogP contribution in [0.3, 0.4) is 0 Å². The van der Waals surface area contributed by atoms with Crippen molar-refractivity contribution in [3.05, 3.63) is 17.5 Å². The molecule has 1 aliphatic carbocycles. The number of guanidine groups is 1. The Morgan fingerprint density at radius 2 is 2.15 bits per heavy atom. The van der Waals surface area contributed by atoms with Gasteiger partial charge in [0.25, 0.3) is 0 Å². The van der Waals surface area contributed by atoms with Gasteiger partial charge in [-0.15, -0.1) is 35.3 Å². The Bertz CT molecular complexity index is 540. The number of thiophene rings is 1. The third-order valence-electron chi connectivity index (χ3n) is 5.45. The summed E-state index contributed by atoms with van der Waals surface area (Å²) in [4.78, 5) is 6.92. The molecule has 0 aromatic carbocycles. The van der Waals surface area contributed by atoms with E-state index in [0.29, 0.717) is 11.5 Å². The molecule has 2 N–H and O–H groups in total. The standard InChI is InChI=1S/C19H32N4OS.HI/c1-3-24-13-10-19(8-9-19)15-21-18(20-2)22-16-6-11-23(12-7-16)17-5-4-14-25-17;/h4-5,14,16H,3,6-13,15H2,1-2H3,(H2,20,21,22);1H. The van der Waals surface area contributed by atoms with Crippen molar-refractivity contribution < 1.29 is 4.74 Å². The van der Waals surface area contributed by atoms with E-state index in [0.717, 1.165) is 58.1 Å². The lowest BCUT2D eigenvalue weighted by Gasteiger charge is -2.33. The van der Waals surface area contributed by atoms with Crippen LogP contribution in [0.15, 0.2) is 22.5 Å². The van der Waals surface area contributed by atoms with Crippen LogP contribution in [0.5, 0.6) is 0 Å². The van der Waals surface area contributed by atoms with E-state index in [1.54, 1.807) is 0 Å². The maximum absolute atomic E-state index is 5.53. The average Bonchev–Trinajstić information content (AvgIpc) is 3.19. The average molecular weight is 492 g/mol. The molecule has 1 saturated carbocycles. The van der Waals surface area contributed by atoms with Gasteiger partial charge in [0.05, 0.1) is 5.00 Å². The summed E-state index contributed by atoms with van der Waals surface area (Å²) in [6.07, 6.45) is 6.10. The van der Waals surface area contributed by atoms with Crippen LogP contribution in [0.25, 0.3) is 0 Å². The number of nitrogens with one attached hydrogen (secondary N) is 2. The maximum Gasteiger partial charge on any atom is 0.191 e. The van der Waals surface area contributed by atoms with Crippen LogP contribution >= 0.6 is 35.3 Å². The Morgan fingerprint density at radius 3 is 2.73 bits per heavy atom. The predicted molar refractivity (Wildman–Crippen MR) is 122 cm³/mol. The molecule has 0 spiro atoms. The van der Waals surface area contributed by atoms with Crippen LogP contribution in [-0.4, -0.2) is 51.9 Å². The van der Waals surface area contributed by atoms with E-state index in [-0.39, 0.29) is 24.0 Å². The largest absolute Gasteiger partial charge is 0.382 e. The Balaban J connectivity index is 0.00000243. The molecule has 2 fully saturated rings. The lowest BCUT2D eigenvalue weighted by Crippen LogP contribution is -2.49. The van der Waals surface area contributed by atoms with E-state index in [1.165, 1.54) is 17.8 Å². The summed E-state index contributed by atoms with van der Waals surface area (Å²) in [6, 6.07) is 4.87. The van der Waals surface area contributed by atoms with Gasteiger partial charge < -0.3 is 20.3 Å². The SMILES string of the molecule is CCOCCC1(CNC(=NC)NC2CCN(c3cccs3)CC2)CC1.I. The first kappa shape index (κ1) is 21.8. The predicted octanol–water partition coefficient (Wildman–Crippen LogP) is 3.71. The minimum absolute atomic E-state index is 0. The molecule has 0 bridgehead atoms. The molecule has 0 unspecified atom stereocenters. The molecule has 5 nitrogen and oxygen atoms in total. The van der Waals surface area contributed by atoms with Crippen molar-refractivity contribution in [1.29, 1.82) is 0 Å². The number of rotatable bonds is 8. The lowest BCUT2D eigenvalue weighted by molar-refractivity contribution is 0.128. The number of halogens is 1. The minimum Gasteiger partial charge on any atom is -0.382 e. The van der Waals surface area contributed by atoms with Crippen molar-refractivity contribution in [3.63, 3.8) is 0 Å². The number of hydrogen-bond acceptors (Lipinski definition) is 4. The van der Waals surface area contributed by atoms with Gasteiger partial charge in [-0.25, -0.2) is 0 Å². The number of ether oxygens (including phenoxy) is 1. The van der Waals surface area contributed by atoms with Crippen molar-refractivity contribution in [2.24, 2.45) is 10.4 Å². The molecule has 0 atom stereocenters. The van der Waals surface area contributed by atoms with E-state index >= 15 is 0 Å². The molecule has 7 heteroatoms. The molecule has 2 heterocycles. The molecule has 26 heavy (non-hydrogen) atoms. The quantitative estimate of drug-likeness (QED) is 0.252. The van der Waals surface area contributed by atoms with Gasteiger partial charge in [-0.05, 0) is 62.0 Å². The third-order valence-corrected chi connectivity index (χ3v) is 6.38. The van der Waals surface area contributed by atoms with Crippen LogP contribution in [-0.2, 0) is 4.74 Å². The molecule has 0 radical (unpaired) electrons. The van der Waals surface area contributed by atoms with E-state index < -0.39 is 0 Å². The Hall–Kier alpha value is -0.540. The second kappa shape index (κ2) is 10.7. The molecule has 1 aromatic rings. The monoisotopic (exact) mass is 492 g/mol. The maximum atomic E-state index is 5.53. The van der Waals surface area contributed by atoms with Gasteiger partial charge in [-0.1, -0.05) is 0 Å². The fourth-order valence-electron chi connectivity index (χ4n) is 3.48. The molecule has 1 aromatic heterocycles. The van der Waals surface area contributed by atoms with Crippen LogP contribution in [0, 0.1) is 5.41 Å². The first-order valence-electron chi connectivity index (χ1n) is 9.58. The van der Waals surface area contributed by atoms with Gasteiger partial charge in [0.2, 0.25) is 0 Å². The van der Waals surface area contributed by atoms with Gasteiger partial charge in [0, 0.05) is 45.9 Å². The van der Waals surface area contributed by atoms with Gasteiger partial charge in [-0.3, -0.25) is 4.99 Å². The zero-order valence-corrected chi connectivity index (χ0v) is 19.1. The van der Waals surface area contributed by atoms with E-state index in [9.17, 15) is 0 Å². The van der Waals surface area contributed by atoms with Crippen LogP contribution in [0.2, 0.25) is 0 Å².